The first kappa shape index (κ1) is 12.7. The van der Waals surface area contributed by atoms with Gasteiger partial charge in [-0.1, -0.05) is 26.8 Å². The summed E-state index contributed by atoms with van der Waals surface area (Å²) in [7, 11) is 0. The molecule has 0 spiro atoms. The summed E-state index contributed by atoms with van der Waals surface area (Å²) in [4.78, 5) is 21.0. The van der Waals surface area contributed by atoms with E-state index in [1.165, 1.54) is 6.08 Å². The highest BCUT2D eigenvalue weighted by Crippen LogP contribution is 2.20. The number of rotatable bonds is 4. The molecule has 4 heteroatoms. The van der Waals surface area contributed by atoms with Crippen molar-refractivity contribution in [3.8, 4) is 0 Å². The molecule has 0 aromatic heterocycles. The predicted molar refractivity (Wildman–Crippen MR) is 52.0 cm³/mol. The van der Waals surface area contributed by atoms with Crippen molar-refractivity contribution in [3.05, 3.63) is 11.6 Å². The summed E-state index contributed by atoms with van der Waals surface area (Å²) in [6, 6.07) is 0. The third kappa shape index (κ3) is 6.22. The van der Waals surface area contributed by atoms with Gasteiger partial charge in [-0.3, -0.25) is 4.79 Å². The lowest BCUT2D eigenvalue weighted by molar-refractivity contribution is -0.139. The van der Waals surface area contributed by atoms with Gasteiger partial charge >= 0.3 is 11.9 Å². The second-order valence-electron chi connectivity index (χ2n) is 4.37. The van der Waals surface area contributed by atoms with Gasteiger partial charge in [0.2, 0.25) is 0 Å². The summed E-state index contributed by atoms with van der Waals surface area (Å²) in [5, 5.41) is 17.1. The topological polar surface area (TPSA) is 74.6 Å². The summed E-state index contributed by atoms with van der Waals surface area (Å²) in [5.41, 5.74) is -0.0772. The van der Waals surface area contributed by atoms with Crippen LogP contribution in [-0.2, 0) is 9.59 Å². The first-order chi connectivity index (χ1) is 6.22. The molecule has 0 fully saturated rings. The first-order valence-corrected chi connectivity index (χ1v) is 4.36. The third-order valence-corrected chi connectivity index (χ3v) is 1.58. The van der Waals surface area contributed by atoms with E-state index in [1.54, 1.807) is 0 Å². The zero-order valence-corrected chi connectivity index (χ0v) is 8.70. The van der Waals surface area contributed by atoms with Crippen LogP contribution in [0.4, 0.5) is 0 Å². The smallest absolute Gasteiger partial charge is 0.331 e. The minimum atomic E-state index is -1.16. The van der Waals surface area contributed by atoms with Gasteiger partial charge in [0.15, 0.2) is 0 Å². The largest absolute Gasteiger partial charge is 0.481 e. The van der Waals surface area contributed by atoms with Gasteiger partial charge in [0.25, 0.3) is 0 Å². The third-order valence-electron chi connectivity index (χ3n) is 1.58. The van der Waals surface area contributed by atoms with Crippen molar-refractivity contribution in [2.45, 2.75) is 33.6 Å². The fourth-order valence-electron chi connectivity index (χ4n) is 0.827. The molecular weight excluding hydrogens is 184 g/mol. The number of hydrogen-bond acceptors (Lipinski definition) is 2. The van der Waals surface area contributed by atoms with Crippen LogP contribution in [0.25, 0.3) is 0 Å². The standard InChI is InChI=1S/C10H16O4/c1-10(2,3)5-4-7(9(13)14)6-8(11)12/h4H,5-6H2,1-3H3,(H,11,12)(H,13,14). The van der Waals surface area contributed by atoms with Gasteiger partial charge in [-0.2, -0.15) is 0 Å². The van der Waals surface area contributed by atoms with Crippen molar-refractivity contribution in [2.75, 3.05) is 0 Å². The Morgan fingerprint density at radius 3 is 2.00 bits per heavy atom. The Hall–Kier alpha value is -1.32. The highest BCUT2D eigenvalue weighted by Gasteiger charge is 2.14. The minimum Gasteiger partial charge on any atom is -0.481 e. The summed E-state index contributed by atoms with van der Waals surface area (Å²) in [6.45, 7) is 5.89. The van der Waals surface area contributed by atoms with Gasteiger partial charge in [0.05, 0.1) is 6.42 Å². The number of aliphatic carboxylic acids is 2. The fourth-order valence-corrected chi connectivity index (χ4v) is 0.827. The molecule has 80 valence electrons. The van der Waals surface area contributed by atoms with Gasteiger partial charge in [-0.15, -0.1) is 0 Å². The molecule has 0 atom stereocenters. The Labute approximate surface area is 83.2 Å². The van der Waals surface area contributed by atoms with Gasteiger partial charge < -0.3 is 10.2 Å². The molecule has 0 radical (unpaired) electrons. The molecule has 0 unspecified atom stereocenters. The maximum absolute atomic E-state index is 10.6. The zero-order valence-electron chi connectivity index (χ0n) is 8.70. The Morgan fingerprint density at radius 2 is 1.71 bits per heavy atom. The molecule has 0 amide bonds. The monoisotopic (exact) mass is 200 g/mol. The molecule has 0 aliphatic carbocycles. The van der Waals surface area contributed by atoms with E-state index in [9.17, 15) is 9.59 Å². The van der Waals surface area contributed by atoms with E-state index in [-0.39, 0.29) is 11.0 Å². The van der Waals surface area contributed by atoms with Crippen LogP contribution >= 0.6 is 0 Å². The van der Waals surface area contributed by atoms with Crippen LogP contribution in [0.2, 0.25) is 0 Å². The van der Waals surface area contributed by atoms with Crippen molar-refractivity contribution in [2.24, 2.45) is 5.41 Å². The number of carboxylic acids is 2. The highest BCUT2D eigenvalue weighted by atomic mass is 16.4. The van der Waals surface area contributed by atoms with Crippen molar-refractivity contribution in [1.82, 2.24) is 0 Å². The number of hydrogen-bond donors (Lipinski definition) is 2. The summed E-state index contributed by atoms with van der Waals surface area (Å²) in [6.07, 6.45) is 1.61. The molecule has 0 bridgehead atoms. The maximum atomic E-state index is 10.6. The molecule has 14 heavy (non-hydrogen) atoms. The summed E-state index contributed by atoms with van der Waals surface area (Å²) < 4.78 is 0. The first-order valence-electron chi connectivity index (χ1n) is 4.36. The van der Waals surface area contributed by atoms with E-state index in [0.717, 1.165) is 0 Å². The quantitative estimate of drug-likeness (QED) is 0.680. The molecule has 2 N–H and O–H groups in total. The predicted octanol–water partition coefficient (Wildman–Crippen LogP) is 1.91. The van der Waals surface area contributed by atoms with E-state index in [2.05, 4.69) is 0 Å². The van der Waals surface area contributed by atoms with Crippen LogP contribution in [-0.4, -0.2) is 22.2 Å². The van der Waals surface area contributed by atoms with Crippen LogP contribution < -0.4 is 0 Å². The Bertz CT molecular complexity index is 258. The second-order valence-corrected chi connectivity index (χ2v) is 4.37. The van der Waals surface area contributed by atoms with Gasteiger partial charge in [-0.25, -0.2) is 4.79 Å². The second kappa shape index (κ2) is 4.79. The number of allylic oxidation sites excluding steroid dienone is 1. The molecule has 0 saturated carbocycles. The average molecular weight is 200 g/mol. The maximum Gasteiger partial charge on any atom is 0.331 e. The molecule has 0 aromatic rings. The number of carbonyl (C=O) groups is 2. The van der Waals surface area contributed by atoms with Crippen LogP contribution in [0.3, 0.4) is 0 Å². The highest BCUT2D eigenvalue weighted by molar-refractivity contribution is 5.92. The lowest BCUT2D eigenvalue weighted by Crippen LogP contribution is -2.09. The fraction of sp³-hybridized carbons (Fsp3) is 0.600. The number of carboxylic acid groups (broad SMARTS) is 2. The van der Waals surface area contributed by atoms with Gasteiger partial charge in [0, 0.05) is 5.57 Å². The van der Waals surface area contributed by atoms with E-state index >= 15 is 0 Å². The lowest BCUT2D eigenvalue weighted by Gasteiger charge is -2.15. The van der Waals surface area contributed by atoms with Gasteiger partial charge in [-0.05, 0) is 11.8 Å². The van der Waals surface area contributed by atoms with E-state index in [1.807, 2.05) is 20.8 Å². The van der Waals surface area contributed by atoms with E-state index in [0.29, 0.717) is 6.42 Å². The minimum absolute atomic E-state index is 0.0286. The van der Waals surface area contributed by atoms with Crippen molar-refractivity contribution >= 4 is 11.9 Å². The van der Waals surface area contributed by atoms with Crippen LogP contribution in [0.5, 0.6) is 0 Å². The SMILES string of the molecule is CC(C)(C)CC=C(CC(=O)O)C(=O)O. The van der Waals surface area contributed by atoms with Crippen molar-refractivity contribution in [3.63, 3.8) is 0 Å². The normalized spacial score (nSPS) is 12.6. The molecule has 0 rings (SSSR count). The summed E-state index contributed by atoms with van der Waals surface area (Å²) in [5.74, 6) is -2.27. The van der Waals surface area contributed by atoms with Crippen molar-refractivity contribution in [1.29, 1.82) is 0 Å². The van der Waals surface area contributed by atoms with Crippen molar-refractivity contribution < 1.29 is 19.8 Å². The van der Waals surface area contributed by atoms with E-state index < -0.39 is 18.4 Å². The molecule has 0 heterocycles. The van der Waals surface area contributed by atoms with Crippen LogP contribution in [0, 0.1) is 5.41 Å². The molecular formula is C10H16O4. The molecule has 0 aliphatic rings. The molecule has 0 aliphatic heterocycles. The van der Waals surface area contributed by atoms with Gasteiger partial charge in [0.1, 0.15) is 0 Å². The Morgan fingerprint density at radius 1 is 1.21 bits per heavy atom. The lowest BCUT2D eigenvalue weighted by atomic mass is 9.91. The Balaban J connectivity index is 4.50. The summed E-state index contributed by atoms with van der Waals surface area (Å²) >= 11 is 0. The molecule has 0 saturated heterocycles. The zero-order chi connectivity index (χ0) is 11.4. The Kier molecular flexibility index (Phi) is 4.34. The van der Waals surface area contributed by atoms with Crippen LogP contribution in [0.15, 0.2) is 11.6 Å². The molecule has 0 aromatic carbocycles. The van der Waals surface area contributed by atoms with E-state index in [4.69, 9.17) is 10.2 Å². The van der Waals surface area contributed by atoms with Crippen LogP contribution in [0.1, 0.15) is 33.6 Å². The molecule has 4 nitrogen and oxygen atoms in total. The average Bonchev–Trinajstić information content (AvgIpc) is 1.94.